The summed E-state index contributed by atoms with van der Waals surface area (Å²) in [6, 6.07) is 8.68. The molecule has 0 aliphatic rings. The number of carbonyl (C=O) groups excluding carboxylic acids is 3. The van der Waals surface area contributed by atoms with Gasteiger partial charge in [-0.05, 0) is 36.9 Å². The molecule has 1 aromatic carbocycles. The maximum absolute atomic E-state index is 12.3. The molecular formula is C16H16N2O4S. The number of imide groups is 1. The van der Waals surface area contributed by atoms with Gasteiger partial charge in [-0.3, -0.25) is 14.9 Å². The molecule has 0 aliphatic carbocycles. The minimum absolute atomic E-state index is 0.166. The van der Waals surface area contributed by atoms with E-state index in [1.165, 1.54) is 17.4 Å². The molecule has 0 bridgehead atoms. The zero-order valence-electron chi connectivity index (χ0n) is 12.7. The Balaban J connectivity index is 2.12. The Morgan fingerprint density at radius 1 is 1.09 bits per heavy atom. The molecule has 120 valence electrons. The third-order valence-electron chi connectivity index (χ3n) is 3.02. The van der Waals surface area contributed by atoms with E-state index in [0.717, 1.165) is 5.56 Å². The van der Waals surface area contributed by atoms with Crippen molar-refractivity contribution in [3.63, 3.8) is 0 Å². The van der Waals surface area contributed by atoms with E-state index >= 15 is 0 Å². The second-order valence-electron chi connectivity index (χ2n) is 4.61. The number of amides is 3. The van der Waals surface area contributed by atoms with E-state index in [1.807, 2.05) is 19.1 Å². The molecule has 0 fully saturated rings. The molecule has 1 aromatic heterocycles. The normalized spacial score (nSPS) is 10.0. The van der Waals surface area contributed by atoms with Crippen LogP contribution in [-0.4, -0.2) is 24.5 Å². The van der Waals surface area contributed by atoms with Crippen molar-refractivity contribution >= 4 is 34.2 Å². The molecule has 2 aromatic rings. The molecule has 7 heteroatoms. The van der Waals surface area contributed by atoms with Gasteiger partial charge in [0.2, 0.25) is 0 Å². The number of ether oxygens (including phenoxy) is 1. The molecule has 0 atom stereocenters. The zero-order chi connectivity index (χ0) is 16.8. The van der Waals surface area contributed by atoms with E-state index in [1.54, 1.807) is 24.4 Å². The number of nitrogens with one attached hydrogen (secondary N) is 2. The molecule has 3 amide bonds. The van der Waals surface area contributed by atoms with Crippen molar-refractivity contribution in [1.29, 1.82) is 0 Å². The summed E-state index contributed by atoms with van der Waals surface area (Å²) < 4.78 is 4.66. The SMILES string of the molecule is CCOC(=O)NC(=O)c1ccsc1NC(=O)c1ccccc1C. The quantitative estimate of drug-likeness (QED) is 0.900. The lowest BCUT2D eigenvalue weighted by Gasteiger charge is -2.08. The minimum atomic E-state index is -0.820. The van der Waals surface area contributed by atoms with Crippen LogP contribution in [-0.2, 0) is 4.74 Å². The first-order chi connectivity index (χ1) is 11.0. The van der Waals surface area contributed by atoms with Crippen LogP contribution in [0.5, 0.6) is 0 Å². The fraction of sp³-hybridized carbons (Fsp3) is 0.188. The van der Waals surface area contributed by atoms with E-state index < -0.39 is 12.0 Å². The van der Waals surface area contributed by atoms with Gasteiger partial charge in [0, 0.05) is 5.56 Å². The fourth-order valence-corrected chi connectivity index (χ4v) is 2.69. The van der Waals surface area contributed by atoms with Crippen LogP contribution >= 0.6 is 11.3 Å². The highest BCUT2D eigenvalue weighted by Crippen LogP contribution is 2.24. The summed E-state index contributed by atoms with van der Waals surface area (Å²) in [4.78, 5) is 35.7. The predicted octanol–water partition coefficient (Wildman–Crippen LogP) is 3.20. The molecule has 2 N–H and O–H groups in total. The number of benzene rings is 1. The smallest absolute Gasteiger partial charge is 0.414 e. The van der Waals surface area contributed by atoms with Crippen LogP contribution in [0.4, 0.5) is 9.80 Å². The number of hydrogen-bond acceptors (Lipinski definition) is 5. The third-order valence-corrected chi connectivity index (χ3v) is 3.85. The summed E-state index contributed by atoms with van der Waals surface area (Å²) >= 11 is 1.20. The summed E-state index contributed by atoms with van der Waals surface area (Å²) in [5.41, 5.74) is 1.57. The van der Waals surface area contributed by atoms with Gasteiger partial charge in [-0.1, -0.05) is 18.2 Å². The average Bonchev–Trinajstić information content (AvgIpc) is 2.96. The number of aryl methyl sites for hydroxylation is 1. The molecule has 2 rings (SSSR count). The first kappa shape index (κ1) is 16.7. The van der Waals surface area contributed by atoms with Gasteiger partial charge in [-0.15, -0.1) is 11.3 Å². The highest BCUT2D eigenvalue weighted by molar-refractivity contribution is 7.14. The average molecular weight is 332 g/mol. The molecule has 23 heavy (non-hydrogen) atoms. The van der Waals surface area contributed by atoms with Gasteiger partial charge in [0.25, 0.3) is 11.8 Å². The monoisotopic (exact) mass is 332 g/mol. The molecule has 6 nitrogen and oxygen atoms in total. The molecule has 0 saturated carbocycles. The molecule has 0 unspecified atom stereocenters. The van der Waals surface area contributed by atoms with Crippen molar-refractivity contribution in [2.75, 3.05) is 11.9 Å². The number of alkyl carbamates (subject to hydrolysis) is 1. The van der Waals surface area contributed by atoms with Crippen LogP contribution in [0.2, 0.25) is 0 Å². The van der Waals surface area contributed by atoms with Crippen molar-refractivity contribution in [3.05, 3.63) is 52.4 Å². The molecule has 0 aliphatic heterocycles. The molecule has 1 heterocycles. The number of thiophene rings is 1. The Labute approximate surface area is 137 Å². The Morgan fingerprint density at radius 2 is 1.83 bits per heavy atom. The molecule has 0 spiro atoms. The van der Waals surface area contributed by atoms with Crippen molar-refractivity contribution in [2.45, 2.75) is 13.8 Å². The summed E-state index contributed by atoms with van der Waals surface area (Å²) in [6.45, 7) is 3.64. The van der Waals surface area contributed by atoms with Crippen molar-refractivity contribution in [3.8, 4) is 0 Å². The summed E-state index contributed by atoms with van der Waals surface area (Å²) in [7, 11) is 0. The van der Waals surface area contributed by atoms with Gasteiger partial charge in [0.15, 0.2) is 0 Å². The number of hydrogen-bond donors (Lipinski definition) is 2. The lowest BCUT2D eigenvalue weighted by Crippen LogP contribution is -2.31. The highest BCUT2D eigenvalue weighted by Gasteiger charge is 2.18. The maximum atomic E-state index is 12.3. The topological polar surface area (TPSA) is 84.5 Å². The molecular weight excluding hydrogens is 316 g/mol. The lowest BCUT2D eigenvalue weighted by atomic mass is 10.1. The van der Waals surface area contributed by atoms with Crippen LogP contribution < -0.4 is 10.6 Å². The van der Waals surface area contributed by atoms with Gasteiger partial charge in [-0.2, -0.15) is 0 Å². The van der Waals surface area contributed by atoms with Gasteiger partial charge < -0.3 is 10.1 Å². The Bertz CT molecular complexity index is 739. The third kappa shape index (κ3) is 4.17. The lowest BCUT2D eigenvalue weighted by molar-refractivity contribution is 0.0926. The van der Waals surface area contributed by atoms with Crippen LogP contribution in [0.3, 0.4) is 0 Å². The second kappa shape index (κ2) is 7.55. The number of rotatable bonds is 4. The largest absolute Gasteiger partial charge is 0.450 e. The fourth-order valence-electron chi connectivity index (χ4n) is 1.91. The van der Waals surface area contributed by atoms with E-state index in [2.05, 4.69) is 15.4 Å². The van der Waals surface area contributed by atoms with E-state index in [4.69, 9.17) is 0 Å². The molecule has 0 radical (unpaired) electrons. The number of carbonyl (C=O) groups is 3. The van der Waals surface area contributed by atoms with Gasteiger partial charge in [0.05, 0.1) is 12.2 Å². The molecule has 0 saturated heterocycles. The zero-order valence-corrected chi connectivity index (χ0v) is 13.5. The minimum Gasteiger partial charge on any atom is -0.450 e. The van der Waals surface area contributed by atoms with Crippen LogP contribution in [0, 0.1) is 6.92 Å². The summed E-state index contributed by atoms with van der Waals surface area (Å²) in [5.74, 6) is -0.930. The summed E-state index contributed by atoms with van der Waals surface area (Å²) in [6.07, 6.45) is -0.820. The first-order valence-electron chi connectivity index (χ1n) is 6.95. The Hall–Kier alpha value is -2.67. The standard InChI is InChI=1S/C16H16N2O4S/c1-3-22-16(21)18-14(20)12-8-9-23-15(12)17-13(19)11-7-5-4-6-10(11)2/h4-9H,3H2,1-2H3,(H,17,19)(H,18,20,21). The second-order valence-corrected chi connectivity index (χ2v) is 5.52. The van der Waals surface area contributed by atoms with Crippen molar-refractivity contribution < 1.29 is 19.1 Å². The number of anilines is 1. The van der Waals surface area contributed by atoms with E-state index in [9.17, 15) is 14.4 Å². The van der Waals surface area contributed by atoms with Gasteiger partial charge in [0.1, 0.15) is 5.00 Å². The van der Waals surface area contributed by atoms with Crippen LogP contribution in [0.25, 0.3) is 0 Å². The van der Waals surface area contributed by atoms with E-state index in [-0.39, 0.29) is 18.1 Å². The van der Waals surface area contributed by atoms with Gasteiger partial charge in [-0.25, -0.2) is 4.79 Å². The van der Waals surface area contributed by atoms with E-state index in [0.29, 0.717) is 10.6 Å². The Morgan fingerprint density at radius 3 is 2.52 bits per heavy atom. The van der Waals surface area contributed by atoms with Crippen LogP contribution in [0.1, 0.15) is 33.2 Å². The first-order valence-corrected chi connectivity index (χ1v) is 7.83. The highest BCUT2D eigenvalue weighted by atomic mass is 32.1. The summed E-state index contributed by atoms with van der Waals surface area (Å²) in [5, 5.41) is 6.84. The van der Waals surface area contributed by atoms with Crippen LogP contribution in [0.15, 0.2) is 35.7 Å². The van der Waals surface area contributed by atoms with Crippen molar-refractivity contribution in [1.82, 2.24) is 5.32 Å². The maximum Gasteiger partial charge on any atom is 0.414 e. The predicted molar refractivity (Wildman–Crippen MR) is 87.9 cm³/mol. The Kier molecular flexibility index (Phi) is 5.48. The van der Waals surface area contributed by atoms with Crippen molar-refractivity contribution in [2.24, 2.45) is 0 Å². The van der Waals surface area contributed by atoms with Gasteiger partial charge >= 0.3 is 6.09 Å².